The summed E-state index contributed by atoms with van der Waals surface area (Å²) in [4.78, 5) is 25.4. The molecule has 2 aromatic rings. The van der Waals surface area contributed by atoms with Crippen molar-refractivity contribution in [1.82, 2.24) is 4.40 Å². The van der Waals surface area contributed by atoms with Gasteiger partial charge in [-0.2, -0.15) is 13.2 Å². The summed E-state index contributed by atoms with van der Waals surface area (Å²) in [6.07, 6.45) is -7.68. The lowest BCUT2D eigenvalue weighted by Gasteiger charge is -2.22. The second kappa shape index (κ2) is 7.35. The molecular formula is C20H23F4NO4. The first kappa shape index (κ1) is 22.7. The van der Waals surface area contributed by atoms with Gasteiger partial charge >= 0.3 is 18.1 Å². The molecular weight excluding hydrogens is 394 g/mol. The highest BCUT2D eigenvalue weighted by molar-refractivity contribution is 6.05. The van der Waals surface area contributed by atoms with E-state index in [2.05, 4.69) is 0 Å². The second-order valence-corrected chi connectivity index (χ2v) is 8.50. The first-order valence-electron chi connectivity index (χ1n) is 8.83. The fourth-order valence-electron chi connectivity index (χ4n) is 2.72. The summed E-state index contributed by atoms with van der Waals surface area (Å²) in [5.74, 6) is -2.35. The van der Waals surface area contributed by atoms with E-state index in [-0.39, 0.29) is 5.52 Å². The van der Waals surface area contributed by atoms with Crippen LogP contribution in [0.1, 0.15) is 74.1 Å². The summed E-state index contributed by atoms with van der Waals surface area (Å²) in [5, 5.41) is 0. The first-order chi connectivity index (χ1) is 13.0. The number of halogens is 4. The highest BCUT2D eigenvalue weighted by Gasteiger charge is 2.48. The van der Waals surface area contributed by atoms with Crippen LogP contribution in [0.3, 0.4) is 0 Å². The van der Waals surface area contributed by atoms with E-state index in [0.29, 0.717) is 0 Å². The number of hydrogen-bond donors (Lipinski definition) is 0. The topological polar surface area (TPSA) is 57.0 Å². The third-order valence-corrected chi connectivity index (χ3v) is 3.62. The number of pyridine rings is 1. The Morgan fingerprint density at radius 2 is 1.45 bits per heavy atom. The zero-order valence-electron chi connectivity index (χ0n) is 17.0. The number of alkyl halides is 4. The van der Waals surface area contributed by atoms with Crippen LogP contribution in [0, 0.1) is 0 Å². The Balaban J connectivity index is 2.87. The van der Waals surface area contributed by atoms with Crippen LogP contribution in [0.5, 0.6) is 0 Å². The van der Waals surface area contributed by atoms with E-state index in [9.17, 15) is 27.2 Å². The van der Waals surface area contributed by atoms with Crippen molar-refractivity contribution in [3.63, 3.8) is 0 Å². The Hall–Kier alpha value is -2.58. The number of rotatable bonds is 3. The summed E-state index contributed by atoms with van der Waals surface area (Å²) in [5.41, 5.74) is -4.68. The van der Waals surface area contributed by atoms with Crippen LogP contribution in [0.2, 0.25) is 0 Å². The molecule has 0 N–H and O–H groups in total. The van der Waals surface area contributed by atoms with Gasteiger partial charge in [-0.15, -0.1) is 0 Å². The lowest BCUT2D eigenvalue weighted by atomic mass is 10.0. The van der Waals surface area contributed by atoms with Gasteiger partial charge in [0.1, 0.15) is 16.9 Å². The monoisotopic (exact) mass is 417 g/mol. The molecule has 0 aliphatic carbocycles. The van der Waals surface area contributed by atoms with Gasteiger partial charge in [-0.1, -0.05) is 6.07 Å². The highest BCUT2D eigenvalue weighted by Crippen LogP contribution is 2.42. The Kier molecular flexibility index (Phi) is 5.75. The van der Waals surface area contributed by atoms with Crippen LogP contribution in [0.4, 0.5) is 17.6 Å². The van der Waals surface area contributed by atoms with Crippen LogP contribution in [0.15, 0.2) is 24.4 Å². The molecule has 29 heavy (non-hydrogen) atoms. The predicted molar refractivity (Wildman–Crippen MR) is 97.6 cm³/mol. The van der Waals surface area contributed by atoms with Crippen LogP contribution in [0.25, 0.3) is 5.52 Å². The largest absolute Gasteiger partial charge is 0.456 e. The number of nitrogens with zero attached hydrogens (tertiary/aromatic N) is 1. The number of hydrogen-bond acceptors (Lipinski definition) is 4. The van der Waals surface area contributed by atoms with Crippen molar-refractivity contribution in [3.8, 4) is 0 Å². The smallest absolute Gasteiger partial charge is 0.424 e. The lowest BCUT2D eigenvalue weighted by molar-refractivity contribution is -0.183. The van der Waals surface area contributed by atoms with E-state index in [1.807, 2.05) is 0 Å². The van der Waals surface area contributed by atoms with Gasteiger partial charge < -0.3 is 13.9 Å². The molecule has 0 aromatic carbocycles. The van der Waals surface area contributed by atoms with Gasteiger partial charge in [-0.25, -0.2) is 14.0 Å². The van der Waals surface area contributed by atoms with E-state index in [0.717, 1.165) is 4.40 Å². The Labute approximate surface area is 165 Å². The first-order valence-corrected chi connectivity index (χ1v) is 8.83. The molecule has 0 fully saturated rings. The third kappa shape index (κ3) is 5.07. The molecule has 0 radical (unpaired) electrons. The third-order valence-electron chi connectivity index (χ3n) is 3.62. The average molecular weight is 417 g/mol. The molecule has 2 heterocycles. The fraction of sp³-hybridized carbons (Fsp3) is 0.500. The minimum absolute atomic E-state index is 0.0930. The molecule has 0 spiro atoms. The van der Waals surface area contributed by atoms with Gasteiger partial charge in [0.05, 0.1) is 11.1 Å². The standard InChI is InChI=1S/C20H23F4NO4/c1-18(2,3)28-16(26)12-11-9-7-8-10-25(11)14(17(27)29-19(4,5)6)13(12)15(21)20(22,23)24/h7-10,15H,1-6H3. The second-order valence-electron chi connectivity index (χ2n) is 8.50. The Bertz CT molecular complexity index is 868. The Morgan fingerprint density at radius 3 is 1.93 bits per heavy atom. The van der Waals surface area contributed by atoms with Crippen molar-refractivity contribution >= 4 is 17.5 Å². The van der Waals surface area contributed by atoms with Gasteiger partial charge in [0.25, 0.3) is 0 Å². The van der Waals surface area contributed by atoms with Crippen molar-refractivity contribution in [3.05, 3.63) is 41.2 Å². The molecule has 0 saturated heterocycles. The van der Waals surface area contributed by atoms with E-state index < -0.39 is 52.3 Å². The number of fused-ring (bicyclic) bond motifs is 1. The molecule has 2 rings (SSSR count). The van der Waals surface area contributed by atoms with E-state index in [1.54, 1.807) is 0 Å². The summed E-state index contributed by atoms with van der Waals surface area (Å²) < 4.78 is 66.0. The minimum atomic E-state index is -5.35. The molecule has 0 aliphatic rings. The van der Waals surface area contributed by atoms with Gasteiger partial charge in [0, 0.05) is 11.8 Å². The molecule has 0 amide bonds. The average Bonchev–Trinajstić information content (AvgIpc) is 2.84. The summed E-state index contributed by atoms with van der Waals surface area (Å²) >= 11 is 0. The van der Waals surface area contributed by atoms with Crippen LogP contribution in [-0.4, -0.2) is 33.7 Å². The van der Waals surface area contributed by atoms with Crippen molar-refractivity contribution in [2.75, 3.05) is 0 Å². The number of carbonyl (C=O) groups excluding carboxylic acids is 2. The summed E-state index contributed by atoms with van der Waals surface area (Å²) in [6, 6.07) is 4.19. The molecule has 0 aliphatic heterocycles. The van der Waals surface area contributed by atoms with Crippen LogP contribution >= 0.6 is 0 Å². The maximum atomic E-state index is 14.6. The van der Waals surface area contributed by atoms with Gasteiger partial charge in [-0.05, 0) is 53.7 Å². The summed E-state index contributed by atoms with van der Waals surface area (Å²) in [7, 11) is 0. The zero-order valence-corrected chi connectivity index (χ0v) is 17.0. The lowest BCUT2D eigenvalue weighted by Crippen LogP contribution is -2.28. The van der Waals surface area contributed by atoms with Gasteiger partial charge in [0.2, 0.25) is 6.17 Å². The molecule has 1 atom stereocenters. The minimum Gasteiger partial charge on any atom is -0.456 e. The van der Waals surface area contributed by atoms with Crippen LogP contribution in [-0.2, 0) is 9.47 Å². The molecule has 160 valence electrons. The van der Waals surface area contributed by atoms with Crippen molar-refractivity contribution in [2.45, 2.75) is 65.1 Å². The maximum Gasteiger partial charge on any atom is 0.424 e. The number of carbonyl (C=O) groups is 2. The number of ether oxygens (including phenoxy) is 2. The predicted octanol–water partition coefficient (Wildman–Crippen LogP) is 5.42. The molecule has 2 aromatic heterocycles. The maximum absolute atomic E-state index is 14.6. The Morgan fingerprint density at radius 1 is 0.931 bits per heavy atom. The number of esters is 2. The number of aromatic nitrogens is 1. The SMILES string of the molecule is CC(C)(C)OC(=O)c1c(C(F)C(F)(F)F)c(C(=O)OC(C)(C)C)n2ccccc12. The normalized spacial score (nSPS) is 14.0. The van der Waals surface area contributed by atoms with Gasteiger partial charge in [0.15, 0.2) is 0 Å². The molecule has 0 bridgehead atoms. The zero-order chi connectivity index (χ0) is 22.4. The van der Waals surface area contributed by atoms with Crippen molar-refractivity contribution < 1.29 is 36.6 Å². The van der Waals surface area contributed by atoms with Crippen molar-refractivity contribution in [1.29, 1.82) is 0 Å². The molecule has 1 unspecified atom stereocenters. The highest BCUT2D eigenvalue weighted by atomic mass is 19.4. The molecule has 5 nitrogen and oxygen atoms in total. The van der Waals surface area contributed by atoms with E-state index in [1.165, 1.54) is 65.9 Å². The quantitative estimate of drug-likeness (QED) is 0.494. The van der Waals surface area contributed by atoms with Gasteiger partial charge in [-0.3, -0.25) is 0 Å². The molecule has 9 heteroatoms. The van der Waals surface area contributed by atoms with E-state index >= 15 is 0 Å². The fourth-order valence-corrected chi connectivity index (χ4v) is 2.72. The summed E-state index contributed by atoms with van der Waals surface area (Å²) in [6.45, 7) is 9.13. The van der Waals surface area contributed by atoms with Crippen LogP contribution < -0.4 is 0 Å². The van der Waals surface area contributed by atoms with Crippen molar-refractivity contribution in [2.24, 2.45) is 0 Å². The van der Waals surface area contributed by atoms with E-state index in [4.69, 9.17) is 9.47 Å². The molecule has 0 saturated carbocycles.